The molecular formula is C21H22N6. The van der Waals surface area contributed by atoms with E-state index in [0.717, 1.165) is 29.0 Å². The molecule has 136 valence electrons. The number of aryl methyl sites for hydroxylation is 2. The zero-order valence-corrected chi connectivity index (χ0v) is 15.7. The molecule has 0 bridgehead atoms. The maximum absolute atomic E-state index is 6.52. The van der Waals surface area contributed by atoms with Crippen LogP contribution in [-0.2, 0) is 0 Å². The maximum atomic E-state index is 6.52. The summed E-state index contributed by atoms with van der Waals surface area (Å²) in [4.78, 5) is 11.0. The zero-order valence-electron chi connectivity index (χ0n) is 15.7. The lowest BCUT2D eigenvalue weighted by Crippen LogP contribution is -2.21. The smallest absolute Gasteiger partial charge is 0.182 e. The van der Waals surface area contributed by atoms with E-state index in [-0.39, 0.29) is 0 Å². The molecule has 0 aliphatic rings. The number of nitrogens with zero attached hydrogens (tertiary/aromatic N) is 5. The number of aromatic nitrogens is 4. The second kappa shape index (κ2) is 6.72. The topological polar surface area (TPSA) is 72.9 Å². The van der Waals surface area contributed by atoms with Crippen LogP contribution >= 0.6 is 0 Å². The quantitative estimate of drug-likeness (QED) is 0.593. The Labute approximate surface area is 158 Å². The number of nitrogen functional groups attached to an aromatic ring is 1. The van der Waals surface area contributed by atoms with Gasteiger partial charge in [0.2, 0.25) is 0 Å². The van der Waals surface area contributed by atoms with Crippen LogP contribution in [0, 0.1) is 13.8 Å². The first kappa shape index (κ1) is 17.0. The predicted molar refractivity (Wildman–Crippen MR) is 110 cm³/mol. The number of nitrogens with two attached hydrogens (primary N) is 1. The van der Waals surface area contributed by atoms with Gasteiger partial charge in [0.05, 0.1) is 11.4 Å². The molecule has 6 nitrogen and oxygen atoms in total. The maximum Gasteiger partial charge on any atom is 0.182 e. The molecule has 0 fully saturated rings. The average molecular weight is 358 g/mol. The van der Waals surface area contributed by atoms with E-state index in [4.69, 9.17) is 5.73 Å². The van der Waals surface area contributed by atoms with E-state index in [1.807, 2.05) is 32.0 Å². The summed E-state index contributed by atoms with van der Waals surface area (Å²) in [6.07, 6.45) is 1.55. The summed E-state index contributed by atoms with van der Waals surface area (Å²) >= 11 is 0. The van der Waals surface area contributed by atoms with Crippen molar-refractivity contribution in [1.29, 1.82) is 0 Å². The lowest BCUT2D eigenvalue weighted by Gasteiger charge is -2.25. The number of benzene rings is 2. The first-order valence-corrected chi connectivity index (χ1v) is 8.99. The fourth-order valence-corrected chi connectivity index (χ4v) is 3.48. The molecule has 2 aromatic carbocycles. The van der Waals surface area contributed by atoms with Crippen molar-refractivity contribution in [3.8, 4) is 5.82 Å². The van der Waals surface area contributed by atoms with Crippen LogP contribution in [0.1, 0.15) is 18.3 Å². The highest BCUT2D eigenvalue weighted by atomic mass is 15.3. The molecule has 4 rings (SSSR count). The third kappa shape index (κ3) is 2.89. The fraction of sp³-hybridized carbons (Fsp3) is 0.190. The molecule has 2 N–H and O–H groups in total. The zero-order chi connectivity index (χ0) is 19.0. The lowest BCUT2D eigenvalue weighted by atomic mass is 10.1. The molecule has 0 radical (unpaired) electrons. The highest BCUT2D eigenvalue weighted by Gasteiger charge is 2.19. The van der Waals surface area contributed by atoms with Crippen molar-refractivity contribution in [3.63, 3.8) is 0 Å². The van der Waals surface area contributed by atoms with E-state index in [0.29, 0.717) is 17.3 Å². The summed E-state index contributed by atoms with van der Waals surface area (Å²) in [7, 11) is 0. The van der Waals surface area contributed by atoms with Crippen molar-refractivity contribution in [1.82, 2.24) is 19.7 Å². The van der Waals surface area contributed by atoms with Gasteiger partial charge in [0.25, 0.3) is 0 Å². The highest BCUT2D eigenvalue weighted by Crippen LogP contribution is 2.35. The molecule has 27 heavy (non-hydrogen) atoms. The summed E-state index contributed by atoms with van der Waals surface area (Å²) < 4.78 is 1.77. The second-order valence-electron chi connectivity index (χ2n) is 6.52. The Kier molecular flexibility index (Phi) is 4.24. The number of fused-ring (bicyclic) bond motifs is 1. The van der Waals surface area contributed by atoms with E-state index in [2.05, 4.69) is 57.2 Å². The number of anilines is 3. The normalized spacial score (nSPS) is 11.1. The minimum absolute atomic E-state index is 0.512. The van der Waals surface area contributed by atoms with Gasteiger partial charge in [0.15, 0.2) is 11.6 Å². The molecule has 0 saturated carbocycles. The standard InChI is InChI=1S/C21H22N6/c1-4-26(18-11-7-9-16-8-5-6-10-17(16)18)20-19(22)21(24-13-23-20)27-15(3)12-14(2)25-27/h5-13H,4,22H2,1-3H3. The Hall–Kier alpha value is -3.41. The Bertz CT molecular complexity index is 1110. The first-order valence-electron chi connectivity index (χ1n) is 8.99. The molecule has 0 saturated heterocycles. The molecular weight excluding hydrogens is 336 g/mol. The largest absolute Gasteiger partial charge is 0.393 e. The third-order valence-corrected chi connectivity index (χ3v) is 4.68. The van der Waals surface area contributed by atoms with Crippen molar-refractivity contribution in [2.24, 2.45) is 0 Å². The van der Waals surface area contributed by atoms with Gasteiger partial charge in [-0.05, 0) is 38.3 Å². The van der Waals surface area contributed by atoms with Gasteiger partial charge in [-0.3, -0.25) is 0 Å². The number of rotatable bonds is 4. The van der Waals surface area contributed by atoms with Gasteiger partial charge in [-0.2, -0.15) is 5.10 Å². The van der Waals surface area contributed by atoms with Crippen LogP contribution in [0.4, 0.5) is 17.2 Å². The molecule has 0 amide bonds. The molecule has 0 atom stereocenters. The van der Waals surface area contributed by atoms with Crippen molar-refractivity contribution < 1.29 is 0 Å². The number of hydrogen-bond donors (Lipinski definition) is 1. The van der Waals surface area contributed by atoms with Crippen LogP contribution in [0.3, 0.4) is 0 Å². The fourth-order valence-electron chi connectivity index (χ4n) is 3.48. The van der Waals surface area contributed by atoms with E-state index in [9.17, 15) is 0 Å². The van der Waals surface area contributed by atoms with Gasteiger partial charge in [-0.15, -0.1) is 0 Å². The van der Waals surface area contributed by atoms with Gasteiger partial charge >= 0.3 is 0 Å². The second-order valence-corrected chi connectivity index (χ2v) is 6.52. The van der Waals surface area contributed by atoms with Crippen LogP contribution < -0.4 is 10.6 Å². The van der Waals surface area contributed by atoms with Gasteiger partial charge in [0, 0.05) is 17.6 Å². The first-order chi connectivity index (χ1) is 13.1. The minimum Gasteiger partial charge on any atom is -0.393 e. The SMILES string of the molecule is CCN(c1ncnc(-n2nc(C)cc2C)c1N)c1cccc2ccccc12. The average Bonchev–Trinajstić information content (AvgIpc) is 3.02. The Morgan fingerprint density at radius 1 is 1.04 bits per heavy atom. The summed E-state index contributed by atoms with van der Waals surface area (Å²) in [6.45, 7) is 6.76. The monoisotopic (exact) mass is 358 g/mol. The summed E-state index contributed by atoms with van der Waals surface area (Å²) in [5.41, 5.74) is 10.0. The third-order valence-electron chi connectivity index (χ3n) is 4.68. The van der Waals surface area contributed by atoms with Crippen molar-refractivity contribution in [2.75, 3.05) is 17.2 Å². The van der Waals surface area contributed by atoms with Crippen molar-refractivity contribution in [3.05, 3.63) is 66.2 Å². The summed E-state index contributed by atoms with van der Waals surface area (Å²) in [6, 6.07) is 16.6. The molecule has 0 spiro atoms. The van der Waals surface area contributed by atoms with Gasteiger partial charge in [-0.1, -0.05) is 36.4 Å². The Balaban J connectivity index is 1.89. The highest BCUT2D eigenvalue weighted by molar-refractivity contribution is 5.96. The van der Waals surface area contributed by atoms with Gasteiger partial charge < -0.3 is 10.6 Å². The van der Waals surface area contributed by atoms with Crippen LogP contribution in [-0.4, -0.2) is 26.3 Å². The minimum atomic E-state index is 0.512. The lowest BCUT2D eigenvalue weighted by molar-refractivity contribution is 0.801. The van der Waals surface area contributed by atoms with Crippen LogP contribution in [0.2, 0.25) is 0 Å². The summed E-state index contributed by atoms with van der Waals surface area (Å²) in [5, 5.41) is 6.86. The van der Waals surface area contributed by atoms with Crippen LogP contribution in [0.15, 0.2) is 54.9 Å². The Morgan fingerprint density at radius 3 is 2.56 bits per heavy atom. The molecule has 0 aliphatic carbocycles. The van der Waals surface area contributed by atoms with E-state index in [1.54, 1.807) is 11.0 Å². The summed E-state index contributed by atoms with van der Waals surface area (Å²) in [5.74, 6) is 1.29. The molecule has 0 aliphatic heterocycles. The van der Waals surface area contributed by atoms with E-state index < -0.39 is 0 Å². The molecule has 2 heterocycles. The van der Waals surface area contributed by atoms with Crippen LogP contribution in [0.5, 0.6) is 0 Å². The van der Waals surface area contributed by atoms with Gasteiger partial charge in [0.1, 0.15) is 12.0 Å². The Morgan fingerprint density at radius 2 is 1.81 bits per heavy atom. The molecule has 0 unspecified atom stereocenters. The van der Waals surface area contributed by atoms with E-state index in [1.165, 1.54) is 5.39 Å². The number of hydrogen-bond acceptors (Lipinski definition) is 5. The van der Waals surface area contributed by atoms with E-state index >= 15 is 0 Å². The van der Waals surface area contributed by atoms with Gasteiger partial charge in [-0.25, -0.2) is 14.6 Å². The molecule has 2 aromatic heterocycles. The predicted octanol–water partition coefficient (Wildman–Crippen LogP) is 4.17. The van der Waals surface area contributed by atoms with Crippen LogP contribution in [0.25, 0.3) is 16.6 Å². The van der Waals surface area contributed by atoms with Crippen molar-refractivity contribution in [2.45, 2.75) is 20.8 Å². The molecule has 4 aromatic rings. The van der Waals surface area contributed by atoms with Crippen molar-refractivity contribution >= 4 is 28.0 Å². The molecule has 6 heteroatoms.